The molecule has 0 aliphatic rings. The van der Waals surface area contributed by atoms with Crippen molar-refractivity contribution >= 4 is 23.4 Å². The molecular weight excluding hydrogens is 354 g/mol. The number of nitrogens with zero attached hydrogens (tertiary/aromatic N) is 1. The Labute approximate surface area is 155 Å². The summed E-state index contributed by atoms with van der Waals surface area (Å²) in [6.07, 6.45) is -0.958. The molecule has 0 spiro atoms. The number of ketones is 1. The fourth-order valence-corrected chi connectivity index (χ4v) is 2.53. The molecule has 0 aliphatic heterocycles. The maximum atomic E-state index is 12.4. The molecule has 0 unspecified atom stereocenters. The average Bonchev–Trinajstić information content (AvgIpc) is 3.04. The zero-order valence-corrected chi connectivity index (χ0v) is 15.0. The van der Waals surface area contributed by atoms with Crippen LogP contribution in [0.25, 0.3) is 11.5 Å². The van der Waals surface area contributed by atoms with Crippen LogP contribution in [0.2, 0.25) is 5.02 Å². The van der Waals surface area contributed by atoms with Gasteiger partial charge in [0, 0.05) is 16.1 Å². The maximum absolute atomic E-state index is 12.4. The number of carbonyl (C=O) groups excluding carboxylic acids is 2. The van der Waals surface area contributed by atoms with E-state index in [1.54, 1.807) is 31.2 Å². The first-order valence-electron chi connectivity index (χ1n) is 7.99. The summed E-state index contributed by atoms with van der Waals surface area (Å²) in [6, 6.07) is 15.6. The fourth-order valence-electron chi connectivity index (χ4n) is 2.41. The van der Waals surface area contributed by atoms with Crippen molar-refractivity contribution in [3.8, 4) is 11.5 Å². The number of esters is 1. The maximum Gasteiger partial charge on any atom is 0.361 e. The van der Waals surface area contributed by atoms with Gasteiger partial charge in [-0.1, -0.05) is 29.8 Å². The predicted octanol–water partition coefficient (Wildman–Crippen LogP) is 4.73. The largest absolute Gasteiger partial charge is 0.449 e. The molecule has 6 heteroatoms. The average molecular weight is 370 g/mol. The summed E-state index contributed by atoms with van der Waals surface area (Å²) in [4.78, 5) is 29.0. The van der Waals surface area contributed by atoms with Crippen LogP contribution in [0.3, 0.4) is 0 Å². The monoisotopic (exact) mass is 369 g/mol. The molecule has 0 N–H and O–H groups in total. The highest BCUT2D eigenvalue weighted by atomic mass is 35.5. The molecule has 5 nitrogen and oxygen atoms in total. The molecule has 0 bridgehead atoms. The zero-order chi connectivity index (χ0) is 18.7. The van der Waals surface area contributed by atoms with Gasteiger partial charge < -0.3 is 9.15 Å². The molecule has 1 heterocycles. The number of hydrogen-bond acceptors (Lipinski definition) is 5. The van der Waals surface area contributed by atoms with Gasteiger partial charge in [0.2, 0.25) is 11.7 Å². The highest BCUT2D eigenvalue weighted by molar-refractivity contribution is 6.30. The summed E-state index contributed by atoms with van der Waals surface area (Å²) in [7, 11) is 0. The predicted molar refractivity (Wildman–Crippen MR) is 97.3 cm³/mol. The summed E-state index contributed by atoms with van der Waals surface area (Å²) in [5, 5.41) is 0.526. The van der Waals surface area contributed by atoms with Crippen LogP contribution in [-0.4, -0.2) is 22.8 Å². The van der Waals surface area contributed by atoms with Crippen LogP contribution in [0, 0.1) is 6.92 Å². The molecular formula is C20H16ClNO4. The van der Waals surface area contributed by atoms with Crippen LogP contribution in [-0.2, 0) is 4.74 Å². The summed E-state index contributed by atoms with van der Waals surface area (Å²) in [6.45, 7) is 3.14. The number of hydrogen-bond donors (Lipinski definition) is 0. The van der Waals surface area contributed by atoms with E-state index in [0.717, 1.165) is 5.56 Å². The van der Waals surface area contributed by atoms with Gasteiger partial charge in [0.1, 0.15) is 5.76 Å². The highest BCUT2D eigenvalue weighted by Gasteiger charge is 2.25. The van der Waals surface area contributed by atoms with Crippen LogP contribution < -0.4 is 0 Å². The first-order valence-corrected chi connectivity index (χ1v) is 8.37. The smallest absolute Gasteiger partial charge is 0.361 e. The van der Waals surface area contributed by atoms with Gasteiger partial charge in [-0.15, -0.1) is 0 Å². The Hall–Kier alpha value is -2.92. The lowest BCUT2D eigenvalue weighted by atomic mass is 10.1. The van der Waals surface area contributed by atoms with Crippen molar-refractivity contribution in [1.82, 2.24) is 4.98 Å². The quantitative estimate of drug-likeness (QED) is 0.480. The molecule has 1 aromatic heterocycles. The lowest BCUT2D eigenvalue weighted by Gasteiger charge is -2.11. The van der Waals surface area contributed by atoms with Crippen LogP contribution in [0.4, 0.5) is 0 Å². The Morgan fingerprint density at radius 3 is 2.38 bits per heavy atom. The SMILES string of the molecule is Cc1oc(-c2ccccc2)nc1C(=O)O[C@H](C)C(=O)c1ccc(Cl)cc1. The molecule has 0 amide bonds. The molecule has 132 valence electrons. The van der Waals surface area contributed by atoms with Gasteiger partial charge in [0.25, 0.3) is 0 Å². The zero-order valence-electron chi connectivity index (χ0n) is 14.2. The van der Waals surface area contributed by atoms with E-state index in [9.17, 15) is 9.59 Å². The van der Waals surface area contributed by atoms with E-state index in [4.69, 9.17) is 20.8 Å². The van der Waals surface area contributed by atoms with E-state index in [-0.39, 0.29) is 11.5 Å². The fraction of sp³-hybridized carbons (Fsp3) is 0.150. The molecule has 26 heavy (non-hydrogen) atoms. The Bertz CT molecular complexity index is 932. The van der Waals surface area contributed by atoms with E-state index < -0.39 is 12.1 Å². The number of ether oxygens (including phenoxy) is 1. The molecule has 0 radical (unpaired) electrons. The van der Waals surface area contributed by atoms with Gasteiger partial charge in [0.15, 0.2) is 11.8 Å². The number of rotatable bonds is 5. The van der Waals surface area contributed by atoms with Crippen molar-refractivity contribution in [3.63, 3.8) is 0 Å². The number of halogens is 1. The molecule has 0 aliphatic carbocycles. The number of benzene rings is 2. The van der Waals surface area contributed by atoms with Gasteiger partial charge in [-0.05, 0) is 50.2 Å². The molecule has 0 saturated carbocycles. The van der Waals surface area contributed by atoms with Crippen molar-refractivity contribution in [3.05, 3.63) is 76.6 Å². The minimum atomic E-state index is -0.958. The highest BCUT2D eigenvalue weighted by Crippen LogP contribution is 2.22. The molecule has 3 rings (SSSR count). The van der Waals surface area contributed by atoms with Crippen LogP contribution in [0.5, 0.6) is 0 Å². The molecule has 1 atom stereocenters. The topological polar surface area (TPSA) is 69.4 Å². The van der Waals surface area contributed by atoms with E-state index in [0.29, 0.717) is 22.2 Å². The van der Waals surface area contributed by atoms with Gasteiger partial charge in [-0.3, -0.25) is 4.79 Å². The second kappa shape index (κ2) is 7.54. The van der Waals surface area contributed by atoms with Crippen molar-refractivity contribution < 1.29 is 18.7 Å². The van der Waals surface area contributed by atoms with E-state index >= 15 is 0 Å². The third kappa shape index (κ3) is 3.83. The lowest BCUT2D eigenvalue weighted by Crippen LogP contribution is -2.24. The van der Waals surface area contributed by atoms with Crippen molar-refractivity contribution in [2.24, 2.45) is 0 Å². The first-order chi connectivity index (χ1) is 12.5. The third-order valence-electron chi connectivity index (χ3n) is 3.79. The van der Waals surface area contributed by atoms with Crippen molar-refractivity contribution in [1.29, 1.82) is 0 Å². The number of aromatic nitrogens is 1. The Morgan fingerprint density at radius 1 is 1.08 bits per heavy atom. The molecule has 0 saturated heterocycles. The first kappa shape index (κ1) is 17.9. The third-order valence-corrected chi connectivity index (χ3v) is 4.04. The van der Waals surface area contributed by atoms with Crippen LogP contribution in [0.1, 0.15) is 33.5 Å². The number of aryl methyl sites for hydroxylation is 1. The molecule has 0 fully saturated rings. The van der Waals surface area contributed by atoms with Crippen LogP contribution in [0.15, 0.2) is 59.0 Å². The lowest BCUT2D eigenvalue weighted by molar-refractivity contribution is 0.0312. The summed E-state index contributed by atoms with van der Waals surface area (Å²) in [5.41, 5.74) is 1.22. The molecule has 3 aromatic rings. The number of oxazole rings is 1. The van der Waals surface area contributed by atoms with Gasteiger partial charge >= 0.3 is 5.97 Å². The standard InChI is InChI=1S/C20H16ClNO4/c1-12-17(22-19(25-12)15-6-4-3-5-7-15)20(24)26-13(2)18(23)14-8-10-16(21)11-9-14/h3-11,13H,1-2H3/t13-/m1/s1. The van der Waals surface area contributed by atoms with E-state index in [2.05, 4.69) is 4.98 Å². The Morgan fingerprint density at radius 2 is 1.73 bits per heavy atom. The van der Waals surface area contributed by atoms with Crippen molar-refractivity contribution in [2.45, 2.75) is 20.0 Å². The van der Waals surface area contributed by atoms with Gasteiger partial charge in [-0.25, -0.2) is 9.78 Å². The Balaban J connectivity index is 1.74. The second-order valence-corrected chi connectivity index (χ2v) is 6.14. The van der Waals surface area contributed by atoms with E-state index in [1.165, 1.54) is 6.92 Å². The normalized spacial score (nSPS) is 11.8. The summed E-state index contributed by atoms with van der Waals surface area (Å²) in [5.74, 6) is -0.366. The van der Waals surface area contributed by atoms with E-state index in [1.807, 2.05) is 30.3 Å². The molecule has 2 aromatic carbocycles. The number of carbonyl (C=O) groups is 2. The van der Waals surface area contributed by atoms with Crippen molar-refractivity contribution in [2.75, 3.05) is 0 Å². The second-order valence-electron chi connectivity index (χ2n) is 5.71. The summed E-state index contributed by atoms with van der Waals surface area (Å²) >= 11 is 5.82. The van der Waals surface area contributed by atoms with Crippen LogP contribution >= 0.6 is 11.6 Å². The van der Waals surface area contributed by atoms with Gasteiger partial charge in [0.05, 0.1) is 0 Å². The minimum Gasteiger partial charge on any atom is -0.449 e. The van der Waals surface area contributed by atoms with Gasteiger partial charge in [-0.2, -0.15) is 0 Å². The number of Topliss-reactive ketones (excluding diaryl/α,β-unsaturated/α-hetero) is 1. The summed E-state index contributed by atoms with van der Waals surface area (Å²) < 4.78 is 10.8. The minimum absolute atomic E-state index is 0.0552. The Kier molecular flexibility index (Phi) is 5.19.